The molecule has 2 aliphatic carbocycles. The lowest BCUT2D eigenvalue weighted by Gasteiger charge is -2.18. The van der Waals surface area contributed by atoms with Gasteiger partial charge in [-0.15, -0.1) is 0 Å². The Morgan fingerprint density at radius 2 is 1.75 bits per heavy atom. The van der Waals surface area contributed by atoms with Crippen molar-refractivity contribution in [1.29, 1.82) is 0 Å². The standard InChI is InChI=1S/C18H16F3N3O4/c19-18(20,21)12-8-11(3-4-13(12)24(27)28)22-5-6-23-16(25)14-9-1-2-10(7-9)15(14)17(23)26/h1-4,8-10,14-15,22H,5-7H2/t9-,10-,14-,15+/m0/s1. The highest BCUT2D eigenvalue weighted by Gasteiger charge is 2.58. The van der Waals surface area contributed by atoms with Crippen LogP contribution in [0.5, 0.6) is 0 Å². The molecule has 1 aliphatic heterocycles. The summed E-state index contributed by atoms with van der Waals surface area (Å²) >= 11 is 0. The number of benzene rings is 1. The van der Waals surface area contributed by atoms with Gasteiger partial charge >= 0.3 is 6.18 Å². The van der Waals surface area contributed by atoms with Gasteiger partial charge in [0.05, 0.1) is 16.8 Å². The third-order valence-electron chi connectivity index (χ3n) is 5.72. The highest BCUT2D eigenvalue weighted by atomic mass is 19.4. The smallest absolute Gasteiger partial charge is 0.383 e. The second-order valence-electron chi connectivity index (χ2n) is 7.24. The van der Waals surface area contributed by atoms with Crippen molar-refractivity contribution in [1.82, 2.24) is 4.90 Å². The van der Waals surface area contributed by atoms with Gasteiger partial charge in [-0.05, 0) is 30.4 Å². The molecule has 1 saturated heterocycles. The molecule has 28 heavy (non-hydrogen) atoms. The van der Waals surface area contributed by atoms with E-state index in [1.165, 1.54) is 11.0 Å². The van der Waals surface area contributed by atoms with Crippen molar-refractivity contribution in [3.05, 3.63) is 46.0 Å². The van der Waals surface area contributed by atoms with E-state index in [0.717, 1.165) is 12.5 Å². The van der Waals surface area contributed by atoms with Crippen LogP contribution in [0, 0.1) is 33.8 Å². The Morgan fingerprint density at radius 1 is 1.14 bits per heavy atom. The molecule has 1 aromatic carbocycles. The molecule has 1 N–H and O–H groups in total. The van der Waals surface area contributed by atoms with Gasteiger partial charge in [0.1, 0.15) is 5.56 Å². The van der Waals surface area contributed by atoms with Crippen LogP contribution >= 0.6 is 0 Å². The fraction of sp³-hybridized carbons (Fsp3) is 0.444. The van der Waals surface area contributed by atoms with E-state index in [0.29, 0.717) is 6.07 Å². The van der Waals surface area contributed by atoms with Gasteiger partial charge in [0, 0.05) is 24.8 Å². The summed E-state index contributed by atoms with van der Waals surface area (Å²) in [5, 5.41) is 13.5. The third-order valence-corrected chi connectivity index (χ3v) is 5.72. The number of imide groups is 1. The zero-order valence-corrected chi connectivity index (χ0v) is 14.5. The van der Waals surface area contributed by atoms with Crippen LogP contribution in [0.1, 0.15) is 12.0 Å². The molecule has 2 fully saturated rings. The van der Waals surface area contributed by atoms with E-state index in [1.54, 1.807) is 0 Å². The van der Waals surface area contributed by atoms with Crippen LogP contribution in [0.2, 0.25) is 0 Å². The molecule has 3 aliphatic rings. The van der Waals surface area contributed by atoms with Crippen molar-refractivity contribution >= 4 is 23.2 Å². The van der Waals surface area contributed by atoms with E-state index in [1.807, 2.05) is 12.2 Å². The zero-order chi connectivity index (χ0) is 20.2. The Kier molecular flexibility index (Phi) is 4.16. The number of carbonyl (C=O) groups is 2. The number of fused-ring (bicyclic) bond motifs is 5. The van der Waals surface area contributed by atoms with Crippen molar-refractivity contribution in [3.8, 4) is 0 Å². The fourth-order valence-electron chi connectivity index (χ4n) is 4.53. The second-order valence-corrected chi connectivity index (χ2v) is 7.24. The first-order chi connectivity index (χ1) is 13.2. The molecule has 0 radical (unpaired) electrons. The van der Waals surface area contributed by atoms with Crippen molar-refractivity contribution < 1.29 is 27.7 Å². The molecule has 4 atom stereocenters. The van der Waals surface area contributed by atoms with E-state index in [2.05, 4.69) is 5.32 Å². The molecule has 4 rings (SSSR count). The number of nitro benzene ring substituents is 1. The summed E-state index contributed by atoms with van der Waals surface area (Å²) in [5.74, 6) is -0.916. The SMILES string of the molecule is O=C1[C@@H]2[C@H](C(=O)N1CCNc1ccc([N+](=O)[O-])c(C(F)(F)F)c1)[C@H]1C=C[C@H]2C1. The average Bonchev–Trinajstić information content (AvgIpc) is 3.30. The molecule has 148 valence electrons. The first-order valence-corrected chi connectivity index (χ1v) is 8.81. The largest absolute Gasteiger partial charge is 0.423 e. The number of likely N-dealkylation sites (tertiary alicyclic amines) is 1. The number of hydrogen-bond donors (Lipinski definition) is 1. The molecule has 1 aromatic rings. The number of halogens is 3. The Bertz CT molecular complexity index is 869. The predicted octanol–water partition coefficient (Wildman–Crippen LogP) is 2.83. The van der Waals surface area contributed by atoms with Crippen molar-refractivity contribution in [2.45, 2.75) is 12.6 Å². The number of allylic oxidation sites excluding steroid dienone is 2. The second kappa shape index (κ2) is 6.32. The van der Waals surface area contributed by atoms with E-state index in [9.17, 15) is 32.9 Å². The maximum Gasteiger partial charge on any atom is 0.423 e. The summed E-state index contributed by atoms with van der Waals surface area (Å²) in [4.78, 5) is 36.0. The minimum atomic E-state index is -4.87. The van der Waals surface area contributed by atoms with E-state index in [4.69, 9.17) is 0 Å². The molecule has 1 saturated carbocycles. The summed E-state index contributed by atoms with van der Waals surface area (Å²) < 4.78 is 39.1. The molecular weight excluding hydrogens is 379 g/mol. The van der Waals surface area contributed by atoms with Crippen LogP contribution in [0.25, 0.3) is 0 Å². The number of amides is 2. The molecule has 2 bridgehead atoms. The predicted molar refractivity (Wildman–Crippen MR) is 91.0 cm³/mol. The number of nitrogens with one attached hydrogen (secondary N) is 1. The van der Waals surface area contributed by atoms with Gasteiger partial charge in [0.25, 0.3) is 5.69 Å². The number of carbonyl (C=O) groups excluding carboxylic acids is 2. The fourth-order valence-corrected chi connectivity index (χ4v) is 4.53. The number of nitrogens with zero attached hydrogens (tertiary/aromatic N) is 2. The molecule has 1 heterocycles. The molecule has 0 aromatic heterocycles. The summed E-state index contributed by atoms with van der Waals surface area (Å²) in [7, 11) is 0. The maximum atomic E-state index is 13.0. The van der Waals surface area contributed by atoms with Crippen molar-refractivity contribution in [2.24, 2.45) is 23.7 Å². The Morgan fingerprint density at radius 3 is 2.29 bits per heavy atom. The van der Waals surface area contributed by atoms with Gasteiger partial charge in [-0.3, -0.25) is 24.6 Å². The minimum Gasteiger partial charge on any atom is -0.383 e. The molecule has 2 amide bonds. The number of hydrogen-bond acceptors (Lipinski definition) is 5. The van der Waals surface area contributed by atoms with Crippen molar-refractivity contribution in [2.75, 3.05) is 18.4 Å². The molecular formula is C18H16F3N3O4. The topological polar surface area (TPSA) is 92.6 Å². The lowest BCUT2D eigenvalue weighted by Crippen LogP contribution is -2.36. The molecule has 10 heteroatoms. The number of nitro groups is 1. The van der Waals surface area contributed by atoms with Gasteiger partial charge in [0.15, 0.2) is 0 Å². The first-order valence-electron chi connectivity index (χ1n) is 8.81. The van der Waals surface area contributed by atoms with Crippen LogP contribution in [-0.4, -0.2) is 34.7 Å². The minimum absolute atomic E-state index is 0.0268. The summed E-state index contributed by atoms with van der Waals surface area (Å²) in [6.07, 6.45) is -0.0881. The number of alkyl halides is 3. The van der Waals surface area contributed by atoms with Crippen LogP contribution in [0.15, 0.2) is 30.4 Å². The van der Waals surface area contributed by atoms with E-state index in [-0.39, 0.29) is 54.3 Å². The van der Waals surface area contributed by atoms with Crippen LogP contribution in [0.4, 0.5) is 24.5 Å². The van der Waals surface area contributed by atoms with Gasteiger partial charge in [0.2, 0.25) is 11.8 Å². The number of anilines is 1. The van der Waals surface area contributed by atoms with Gasteiger partial charge < -0.3 is 5.32 Å². The Labute approximate surface area is 157 Å². The maximum absolute atomic E-state index is 13.0. The molecule has 0 unspecified atom stereocenters. The van der Waals surface area contributed by atoms with Crippen molar-refractivity contribution in [3.63, 3.8) is 0 Å². The summed E-state index contributed by atoms with van der Waals surface area (Å²) in [6, 6.07) is 2.61. The number of rotatable bonds is 5. The Balaban J connectivity index is 1.43. The van der Waals surface area contributed by atoms with E-state index >= 15 is 0 Å². The molecule has 0 spiro atoms. The molecule has 7 nitrogen and oxygen atoms in total. The van der Waals surface area contributed by atoms with E-state index < -0.39 is 22.4 Å². The van der Waals surface area contributed by atoms with Gasteiger partial charge in [-0.2, -0.15) is 13.2 Å². The quantitative estimate of drug-likeness (QED) is 0.358. The van der Waals surface area contributed by atoms with Crippen LogP contribution in [0.3, 0.4) is 0 Å². The van der Waals surface area contributed by atoms with Gasteiger partial charge in [-0.25, -0.2) is 0 Å². The zero-order valence-electron chi connectivity index (χ0n) is 14.5. The third kappa shape index (κ3) is 2.83. The highest BCUT2D eigenvalue weighted by molar-refractivity contribution is 6.06. The summed E-state index contributed by atoms with van der Waals surface area (Å²) in [5.41, 5.74) is -2.36. The highest BCUT2D eigenvalue weighted by Crippen LogP contribution is 2.52. The lowest BCUT2D eigenvalue weighted by atomic mass is 9.85. The summed E-state index contributed by atoms with van der Waals surface area (Å²) in [6.45, 7) is 0.0806. The van der Waals surface area contributed by atoms with Crippen LogP contribution < -0.4 is 5.32 Å². The van der Waals surface area contributed by atoms with Gasteiger partial charge in [-0.1, -0.05) is 12.2 Å². The van der Waals surface area contributed by atoms with Crippen LogP contribution in [-0.2, 0) is 15.8 Å². The first kappa shape index (κ1) is 18.5. The average molecular weight is 395 g/mol. The normalized spacial score (nSPS) is 28.2. The Hall–Kier alpha value is -2.91. The monoisotopic (exact) mass is 395 g/mol. The lowest BCUT2D eigenvalue weighted by molar-refractivity contribution is -0.388.